The molecule has 32 heavy (non-hydrogen) atoms. The largest absolute Gasteiger partial charge is 0.490 e. The van der Waals surface area contributed by atoms with E-state index < -0.39 is 0 Å². The van der Waals surface area contributed by atoms with Crippen molar-refractivity contribution < 1.29 is 19.0 Å². The van der Waals surface area contributed by atoms with E-state index in [9.17, 15) is 4.79 Å². The van der Waals surface area contributed by atoms with Crippen LogP contribution in [-0.4, -0.2) is 62.5 Å². The van der Waals surface area contributed by atoms with Crippen LogP contribution in [0.2, 0.25) is 0 Å². The molecule has 1 aromatic rings. The number of nitrogens with zero attached hydrogens (tertiary/aromatic N) is 1. The van der Waals surface area contributed by atoms with Gasteiger partial charge in [0.1, 0.15) is 11.9 Å². The maximum atomic E-state index is 11.5. The van der Waals surface area contributed by atoms with E-state index in [0.29, 0.717) is 17.7 Å². The van der Waals surface area contributed by atoms with Gasteiger partial charge in [0, 0.05) is 45.0 Å². The Balaban J connectivity index is 1.28. The molecular weight excluding hydrogens is 406 g/mol. The number of carbonyl (C=O) groups excluding carboxylic acids is 1. The third-order valence-corrected chi connectivity index (χ3v) is 6.78. The predicted octanol–water partition coefficient (Wildman–Crippen LogP) is 3.67. The van der Waals surface area contributed by atoms with Crippen molar-refractivity contribution in [1.29, 1.82) is 0 Å². The topological polar surface area (TPSA) is 86.0 Å². The number of benzene rings is 1. The van der Waals surface area contributed by atoms with Gasteiger partial charge in [-0.25, -0.2) is 5.84 Å². The number of nitrogen functional groups attached to an aromatic ring is 1. The molecule has 0 atom stereocenters. The summed E-state index contributed by atoms with van der Waals surface area (Å²) in [6.45, 7) is 3.96. The molecule has 1 aliphatic carbocycles. The zero-order valence-electron chi connectivity index (χ0n) is 19.6. The number of hydrazine groups is 1. The van der Waals surface area contributed by atoms with Crippen molar-refractivity contribution in [3.63, 3.8) is 0 Å². The highest BCUT2D eigenvalue weighted by Gasteiger charge is 2.29. The first-order chi connectivity index (χ1) is 15.7. The van der Waals surface area contributed by atoms with Crippen LogP contribution in [0.15, 0.2) is 24.3 Å². The number of hydrogen-bond donors (Lipinski definition) is 2. The van der Waals surface area contributed by atoms with E-state index >= 15 is 0 Å². The van der Waals surface area contributed by atoms with Gasteiger partial charge in [-0.3, -0.25) is 10.2 Å². The van der Waals surface area contributed by atoms with Gasteiger partial charge in [0.25, 0.3) is 5.91 Å². The molecule has 7 heteroatoms. The van der Waals surface area contributed by atoms with E-state index in [2.05, 4.69) is 10.3 Å². The average molecular weight is 448 g/mol. The molecule has 0 spiro atoms. The molecule has 1 amide bonds. The highest BCUT2D eigenvalue weighted by molar-refractivity contribution is 5.93. The zero-order valence-corrected chi connectivity index (χ0v) is 19.6. The molecule has 3 rings (SSSR count). The SMILES string of the molecule is COCCCCCCOC1CCC(N2CCC(Oc3ccc(C(=O)NN)cc3)CC2)CC1. The van der Waals surface area contributed by atoms with Crippen molar-refractivity contribution in [2.24, 2.45) is 5.84 Å². The minimum absolute atomic E-state index is 0.240. The van der Waals surface area contributed by atoms with Gasteiger partial charge >= 0.3 is 0 Å². The van der Waals surface area contributed by atoms with Gasteiger partial charge in [0.15, 0.2) is 0 Å². The maximum absolute atomic E-state index is 11.5. The molecule has 0 unspecified atom stereocenters. The third kappa shape index (κ3) is 8.03. The summed E-state index contributed by atoms with van der Waals surface area (Å²) >= 11 is 0. The Morgan fingerprint density at radius 1 is 0.938 bits per heavy atom. The second-order valence-electron chi connectivity index (χ2n) is 9.06. The van der Waals surface area contributed by atoms with E-state index in [4.69, 9.17) is 20.1 Å². The number of carbonyl (C=O) groups is 1. The van der Waals surface area contributed by atoms with Crippen molar-refractivity contribution in [1.82, 2.24) is 10.3 Å². The normalized spacial score (nSPS) is 22.6. The molecule has 180 valence electrons. The smallest absolute Gasteiger partial charge is 0.265 e. The van der Waals surface area contributed by atoms with Crippen LogP contribution in [0.1, 0.15) is 74.6 Å². The molecule has 2 fully saturated rings. The summed E-state index contributed by atoms with van der Waals surface area (Å²) in [7, 11) is 1.77. The fraction of sp³-hybridized carbons (Fsp3) is 0.720. The number of methoxy groups -OCH3 is 1. The zero-order chi connectivity index (χ0) is 22.6. The molecule has 1 heterocycles. The monoisotopic (exact) mass is 447 g/mol. The highest BCUT2D eigenvalue weighted by atomic mass is 16.5. The lowest BCUT2D eigenvalue weighted by Crippen LogP contribution is -2.46. The summed E-state index contributed by atoms with van der Waals surface area (Å²) in [6.07, 6.45) is 12.4. The minimum Gasteiger partial charge on any atom is -0.490 e. The van der Waals surface area contributed by atoms with Crippen molar-refractivity contribution in [3.05, 3.63) is 29.8 Å². The van der Waals surface area contributed by atoms with Crippen LogP contribution in [0.4, 0.5) is 0 Å². The fourth-order valence-electron chi connectivity index (χ4n) is 4.85. The quantitative estimate of drug-likeness (QED) is 0.220. The van der Waals surface area contributed by atoms with E-state index in [1.807, 2.05) is 12.1 Å². The number of likely N-dealkylation sites (tertiary alicyclic amines) is 1. The van der Waals surface area contributed by atoms with Gasteiger partial charge in [-0.15, -0.1) is 0 Å². The molecule has 7 nitrogen and oxygen atoms in total. The average Bonchev–Trinajstić information content (AvgIpc) is 2.84. The van der Waals surface area contributed by atoms with Crippen LogP contribution >= 0.6 is 0 Å². The maximum Gasteiger partial charge on any atom is 0.265 e. The summed E-state index contributed by atoms with van der Waals surface area (Å²) in [5, 5.41) is 0. The third-order valence-electron chi connectivity index (χ3n) is 6.78. The standard InChI is InChI=1S/C25H41N3O4/c1-30-18-4-2-3-5-19-31-22-12-8-21(9-13-22)28-16-14-24(15-17-28)32-23-10-6-20(7-11-23)25(29)27-26/h6-7,10-11,21-22,24H,2-5,8-9,12-19,26H2,1H3,(H,27,29). The summed E-state index contributed by atoms with van der Waals surface area (Å²) < 4.78 is 17.4. The number of amides is 1. The van der Waals surface area contributed by atoms with E-state index in [0.717, 1.165) is 51.3 Å². The van der Waals surface area contributed by atoms with Crippen LogP contribution in [0.25, 0.3) is 0 Å². The van der Waals surface area contributed by atoms with Gasteiger partial charge in [0.05, 0.1) is 6.10 Å². The second kappa shape index (κ2) is 13.8. The molecule has 1 saturated heterocycles. The Morgan fingerprint density at radius 2 is 1.59 bits per heavy atom. The van der Waals surface area contributed by atoms with Gasteiger partial charge < -0.3 is 19.1 Å². The molecular formula is C25H41N3O4. The number of nitrogens with two attached hydrogens (primary N) is 1. The molecule has 0 aromatic heterocycles. The Morgan fingerprint density at radius 3 is 2.22 bits per heavy atom. The van der Waals surface area contributed by atoms with Gasteiger partial charge in [-0.1, -0.05) is 12.8 Å². The molecule has 3 N–H and O–H groups in total. The van der Waals surface area contributed by atoms with Gasteiger partial charge in [-0.2, -0.15) is 0 Å². The summed E-state index contributed by atoms with van der Waals surface area (Å²) in [5.74, 6) is 5.70. The molecule has 1 aliphatic heterocycles. The van der Waals surface area contributed by atoms with Crippen molar-refractivity contribution in [3.8, 4) is 5.75 Å². The lowest BCUT2D eigenvalue weighted by Gasteiger charge is -2.40. The van der Waals surface area contributed by atoms with Crippen LogP contribution in [0.3, 0.4) is 0 Å². The number of unbranched alkanes of at least 4 members (excludes halogenated alkanes) is 3. The van der Waals surface area contributed by atoms with Crippen LogP contribution in [0.5, 0.6) is 5.75 Å². The Hall–Kier alpha value is -1.67. The lowest BCUT2D eigenvalue weighted by molar-refractivity contribution is -0.00423. The van der Waals surface area contributed by atoms with Gasteiger partial charge in [-0.05, 0) is 75.6 Å². The Kier molecular flexibility index (Phi) is 10.8. The molecule has 1 aromatic carbocycles. The summed E-state index contributed by atoms with van der Waals surface area (Å²) in [6, 6.07) is 7.87. The minimum atomic E-state index is -0.289. The number of rotatable bonds is 12. The van der Waals surface area contributed by atoms with Crippen molar-refractivity contribution in [2.75, 3.05) is 33.4 Å². The highest BCUT2D eigenvalue weighted by Crippen LogP contribution is 2.28. The summed E-state index contributed by atoms with van der Waals surface area (Å²) in [4.78, 5) is 14.2. The lowest BCUT2D eigenvalue weighted by atomic mass is 9.90. The second-order valence-corrected chi connectivity index (χ2v) is 9.06. The van der Waals surface area contributed by atoms with Crippen LogP contribution < -0.4 is 16.0 Å². The number of hydrogen-bond acceptors (Lipinski definition) is 6. The molecule has 2 aliphatic rings. The van der Waals surface area contributed by atoms with Crippen molar-refractivity contribution in [2.45, 2.75) is 82.5 Å². The first-order valence-corrected chi connectivity index (χ1v) is 12.3. The van der Waals surface area contributed by atoms with Crippen molar-refractivity contribution >= 4 is 5.91 Å². The van der Waals surface area contributed by atoms with E-state index in [1.165, 1.54) is 44.9 Å². The fourth-order valence-corrected chi connectivity index (χ4v) is 4.85. The molecule has 1 saturated carbocycles. The predicted molar refractivity (Wildman–Crippen MR) is 126 cm³/mol. The Labute approximate surface area is 192 Å². The first-order valence-electron chi connectivity index (χ1n) is 12.3. The summed E-state index contributed by atoms with van der Waals surface area (Å²) in [5.41, 5.74) is 2.68. The van der Waals surface area contributed by atoms with E-state index in [1.54, 1.807) is 19.2 Å². The first kappa shape index (κ1) is 25.0. The van der Waals surface area contributed by atoms with Crippen LogP contribution in [0, 0.1) is 0 Å². The van der Waals surface area contributed by atoms with Gasteiger partial charge in [0.2, 0.25) is 0 Å². The number of ether oxygens (including phenoxy) is 3. The molecule has 0 bridgehead atoms. The number of piperidine rings is 1. The Bertz CT molecular complexity index is 654. The number of nitrogens with one attached hydrogen (secondary N) is 1. The molecule has 0 radical (unpaired) electrons. The van der Waals surface area contributed by atoms with E-state index in [-0.39, 0.29) is 12.0 Å². The van der Waals surface area contributed by atoms with Crippen LogP contribution in [-0.2, 0) is 9.47 Å².